The Morgan fingerprint density at radius 1 is 1.24 bits per heavy atom. The van der Waals surface area contributed by atoms with Crippen LogP contribution in [0.15, 0.2) is 0 Å². The predicted octanol–water partition coefficient (Wildman–Crippen LogP) is 1.71. The van der Waals surface area contributed by atoms with Gasteiger partial charge in [0.1, 0.15) is 12.2 Å². The van der Waals surface area contributed by atoms with Gasteiger partial charge in [0.2, 0.25) is 0 Å². The Morgan fingerprint density at radius 3 is 2.64 bits per heavy atom. The van der Waals surface area contributed by atoms with Crippen molar-refractivity contribution in [3.05, 3.63) is 0 Å². The quantitative estimate of drug-likeness (QED) is 0.578. The third-order valence-corrected chi connectivity index (χ3v) is 7.66. The summed E-state index contributed by atoms with van der Waals surface area (Å²) >= 11 is 0. The molecule has 25 heavy (non-hydrogen) atoms. The van der Waals surface area contributed by atoms with Gasteiger partial charge in [-0.3, -0.25) is 14.1 Å². The number of fused-ring (bicyclic) bond motifs is 1. The summed E-state index contributed by atoms with van der Waals surface area (Å²) in [5, 5.41) is -1.54. The topological polar surface area (TPSA) is 107 Å². The summed E-state index contributed by atoms with van der Waals surface area (Å²) in [5.74, 6) is -0.980. The van der Waals surface area contributed by atoms with Crippen LogP contribution < -0.4 is 0 Å². The standard InChI is InChI=1S/C17H24O7S/c18-16-12-8-10-7-11(12)15(24-16)14(10)23-17(19)13(25(20,21)22)6-9-4-2-1-3-5-9/h9-15H,1-8H2,(H,20,21,22). The molecule has 0 radical (unpaired) electrons. The molecule has 4 fully saturated rings. The fraction of sp³-hybridized carbons (Fsp3) is 0.882. The molecule has 4 aliphatic rings. The van der Waals surface area contributed by atoms with Crippen molar-refractivity contribution in [2.24, 2.45) is 23.7 Å². The van der Waals surface area contributed by atoms with Crippen molar-refractivity contribution in [3.8, 4) is 0 Å². The van der Waals surface area contributed by atoms with E-state index in [1.165, 1.54) is 0 Å². The Bertz CT molecular complexity index is 666. The van der Waals surface area contributed by atoms with Gasteiger partial charge in [-0.2, -0.15) is 8.42 Å². The summed E-state index contributed by atoms with van der Waals surface area (Å²) < 4.78 is 43.9. The van der Waals surface area contributed by atoms with E-state index in [-0.39, 0.29) is 36.1 Å². The van der Waals surface area contributed by atoms with Crippen molar-refractivity contribution in [2.45, 2.75) is 68.8 Å². The van der Waals surface area contributed by atoms with Crippen molar-refractivity contribution >= 4 is 22.1 Å². The number of carbonyl (C=O) groups is 2. The second-order valence-electron chi connectivity index (χ2n) is 8.05. The van der Waals surface area contributed by atoms with E-state index in [4.69, 9.17) is 9.47 Å². The molecule has 0 spiro atoms. The lowest BCUT2D eigenvalue weighted by Gasteiger charge is -2.28. The molecule has 7 nitrogen and oxygen atoms in total. The fourth-order valence-electron chi connectivity index (χ4n) is 5.34. The summed E-state index contributed by atoms with van der Waals surface area (Å²) in [6.45, 7) is 0. The molecular formula is C17H24O7S. The molecule has 0 aromatic carbocycles. The van der Waals surface area contributed by atoms with Crippen molar-refractivity contribution in [1.82, 2.24) is 0 Å². The average Bonchev–Trinajstić information content (AvgIpc) is 3.17. The van der Waals surface area contributed by atoms with Crippen LogP contribution in [0.5, 0.6) is 0 Å². The first-order valence-corrected chi connectivity index (χ1v) is 10.7. The highest BCUT2D eigenvalue weighted by molar-refractivity contribution is 7.87. The largest absolute Gasteiger partial charge is 0.458 e. The molecule has 140 valence electrons. The molecule has 0 aromatic rings. The lowest BCUT2D eigenvalue weighted by atomic mass is 9.86. The lowest BCUT2D eigenvalue weighted by molar-refractivity contribution is -0.161. The first kappa shape index (κ1) is 17.3. The van der Waals surface area contributed by atoms with Gasteiger partial charge in [-0.15, -0.1) is 0 Å². The molecule has 1 saturated heterocycles. The second kappa shape index (κ2) is 6.23. The van der Waals surface area contributed by atoms with Gasteiger partial charge < -0.3 is 9.47 Å². The highest BCUT2D eigenvalue weighted by atomic mass is 32.2. The average molecular weight is 372 g/mol. The molecule has 4 rings (SSSR count). The zero-order chi connectivity index (χ0) is 17.8. The molecule has 1 N–H and O–H groups in total. The van der Waals surface area contributed by atoms with Crippen LogP contribution in [0, 0.1) is 23.7 Å². The molecule has 6 unspecified atom stereocenters. The first-order chi connectivity index (χ1) is 11.8. The third kappa shape index (κ3) is 3.07. The zero-order valence-electron chi connectivity index (χ0n) is 14.0. The van der Waals surface area contributed by atoms with E-state index in [0.29, 0.717) is 6.42 Å². The Balaban J connectivity index is 1.45. The van der Waals surface area contributed by atoms with Crippen LogP contribution in [0.2, 0.25) is 0 Å². The Labute approximate surface area is 147 Å². The minimum absolute atomic E-state index is 0.0483. The maximum atomic E-state index is 12.6. The summed E-state index contributed by atoms with van der Waals surface area (Å²) in [5.41, 5.74) is 0. The maximum absolute atomic E-state index is 12.6. The first-order valence-electron chi connectivity index (χ1n) is 9.22. The van der Waals surface area contributed by atoms with Crippen LogP contribution >= 0.6 is 0 Å². The molecular weight excluding hydrogens is 348 g/mol. The molecule has 1 aliphatic heterocycles. The van der Waals surface area contributed by atoms with Gasteiger partial charge in [-0.05, 0) is 25.2 Å². The van der Waals surface area contributed by atoms with E-state index >= 15 is 0 Å². The van der Waals surface area contributed by atoms with Crippen molar-refractivity contribution in [2.75, 3.05) is 0 Å². The summed E-state index contributed by atoms with van der Waals surface area (Å²) in [6, 6.07) is 0. The van der Waals surface area contributed by atoms with Gasteiger partial charge >= 0.3 is 11.9 Å². The van der Waals surface area contributed by atoms with Crippen molar-refractivity contribution in [1.29, 1.82) is 0 Å². The summed E-state index contributed by atoms with van der Waals surface area (Å²) in [4.78, 5) is 24.3. The molecule has 1 heterocycles. The molecule has 3 aliphatic carbocycles. The van der Waals surface area contributed by atoms with Gasteiger partial charge in [0, 0.05) is 11.8 Å². The fourth-order valence-corrected chi connectivity index (χ4v) is 6.15. The van der Waals surface area contributed by atoms with E-state index in [2.05, 4.69) is 0 Å². The minimum atomic E-state index is -4.53. The van der Waals surface area contributed by atoms with Crippen LogP contribution in [0.3, 0.4) is 0 Å². The van der Waals surface area contributed by atoms with E-state index < -0.39 is 33.5 Å². The van der Waals surface area contributed by atoms with Crippen LogP contribution in [0.4, 0.5) is 0 Å². The predicted molar refractivity (Wildman–Crippen MR) is 86.0 cm³/mol. The summed E-state index contributed by atoms with van der Waals surface area (Å²) in [6.07, 6.45) is 5.39. The normalized spacial score (nSPS) is 38.6. The van der Waals surface area contributed by atoms with Gasteiger partial charge in [0.25, 0.3) is 10.1 Å². The highest BCUT2D eigenvalue weighted by Gasteiger charge is 2.63. The molecule has 8 heteroatoms. The van der Waals surface area contributed by atoms with Gasteiger partial charge in [0.05, 0.1) is 5.92 Å². The third-order valence-electron chi connectivity index (χ3n) is 6.56. The zero-order valence-corrected chi connectivity index (χ0v) is 14.8. The van der Waals surface area contributed by atoms with Gasteiger partial charge in [0.15, 0.2) is 5.25 Å². The molecule has 6 atom stereocenters. The maximum Gasteiger partial charge on any atom is 0.327 e. The van der Waals surface area contributed by atoms with Crippen molar-refractivity contribution in [3.63, 3.8) is 0 Å². The highest BCUT2D eigenvalue weighted by Crippen LogP contribution is 2.55. The number of carbonyl (C=O) groups excluding carboxylic acids is 2. The molecule has 3 saturated carbocycles. The monoisotopic (exact) mass is 372 g/mol. The number of rotatable bonds is 5. The summed E-state index contributed by atoms with van der Waals surface area (Å²) in [7, 11) is -4.53. The van der Waals surface area contributed by atoms with E-state index in [9.17, 15) is 22.6 Å². The molecule has 0 amide bonds. The molecule has 2 bridgehead atoms. The van der Waals surface area contributed by atoms with Crippen LogP contribution in [0.25, 0.3) is 0 Å². The van der Waals surface area contributed by atoms with E-state index in [0.717, 1.165) is 38.5 Å². The Kier molecular flexibility index (Phi) is 4.30. The van der Waals surface area contributed by atoms with Crippen LogP contribution in [-0.4, -0.2) is 42.4 Å². The lowest BCUT2D eigenvalue weighted by Crippen LogP contribution is -2.41. The number of hydrogen-bond acceptors (Lipinski definition) is 6. The Hall–Kier alpha value is -1.15. The minimum Gasteiger partial charge on any atom is -0.458 e. The second-order valence-corrected chi connectivity index (χ2v) is 9.65. The molecule has 0 aromatic heterocycles. The SMILES string of the molecule is O=C1OC2C3CC(CC13)C2OC(=O)C(CC1CCCCC1)S(=O)(=O)O. The van der Waals surface area contributed by atoms with E-state index in [1.807, 2.05) is 0 Å². The van der Waals surface area contributed by atoms with E-state index in [1.54, 1.807) is 0 Å². The number of ether oxygens (including phenoxy) is 2. The van der Waals surface area contributed by atoms with Crippen molar-refractivity contribution < 1.29 is 32.0 Å². The smallest absolute Gasteiger partial charge is 0.327 e. The van der Waals surface area contributed by atoms with Crippen LogP contribution in [0.1, 0.15) is 51.4 Å². The van der Waals surface area contributed by atoms with Crippen LogP contribution in [-0.2, 0) is 29.2 Å². The number of hydrogen-bond donors (Lipinski definition) is 1. The Morgan fingerprint density at radius 2 is 1.96 bits per heavy atom. The van der Waals surface area contributed by atoms with Gasteiger partial charge in [-0.25, -0.2) is 0 Å². The van der Waals surface area contributed by atoms with Gasteiger partial charge in [-0.1, -0.05) is 32.1 Å². The number of esters is 2.